The van der Waals surface area contributed by atoms with Crippen LogP contribution in [0.25, 0.3) is 0 Å². The highest BCUT2D eigenvalue weighted by atomic mass is 32.2. The van der Waals surface area contributed by atoms with Gasteiger partial charge in [0.15, 0.2) is 0 Å². The molecule has 1 saturated heterocycles. The number of amides is 1. The van der Waals surface area contributed by atoms with Gasteiger partial charge in [-0.15, -0.1) is 11.8 Å². The molecule has 1 amide bonds. The van der Waals surface area contributed by atoms with Crippen LogP contribution in [0.3, 0.4) is 0 Å². The quantitative estimate of drug-likeness (QED) is 0.599. The Kier molecular flexibility index (Phi) is 5.41. The van der Waals surface area contributed by atoms with Gasteiger partial charge in [-0.2, -0.15) is 0 Å². The molecule has 1 N–H and O–H groups in total. The minimum atomic E-state index is -0.0228. The van der Waals surface area contributed by atoms with E-state index in [1.165, 1.54) is 36.1 Å². The van der Waals surface area contributed by atoms with E-state index in [4.69, 9.17) is 0 Å². The fourth-order valence-corrected chi connectivity index (χ4v) is 4.69. The van der Waals surface area contributed by atoms with E-state index in [2.05, 4.69) is 61.5 Å². The number of rotatable bonds is 4. The van der Waals surface area contributed by atoms with Crippen molar-refractivity contribution in [3.05, 3.63) is 53.6 Å². The number of carbonyl (C=O) groups is 1. The van der Waals surface area contributed by atoms with Crippen LogP contribution >= 0.6 is 11.8 Å². The standard InChI is InChI=1S/C25H32N2OS/c1-24(2,3)18-6-5-7-19(16-18)26-23(28)21-9-8-20(29-4)17-22(21)27-14-12-25(10-11-25)13-15-27/h5-9,16-17H,10-15H2,1-4H3,(H,26,28). The van der Waals surface area contributed by atoms with Crippen LogP contribution in [0, 0.1) is 5.41 Å². The van der Waals surface area contributed by atoms with Gasteiger partial charge in [-0.1, -0.05) is 32.9 Å². The zero-order chi connectivity index (χ0) is 20.6. The molecule has 1 aliphatic carbocycles. The van der Waals surface area contributed by atoms with E-state index >= 15 is 0 Å². The summed E-state index contributed by atoms with van der Waals surface area (Å²) in [6.07, 6.45) is 7.38. The minimum Gasteiger partial charge on any atom is -0.371 e. The summed E-state index contributed by atoms with van der Waals surface area (Å²) in [6, 6.07) is 14.4. The van der Waals surface area contributed by atoms with E-state index in [0.717, 1.165) is 30.0 Å². The fraction of sp³-hybridized carbons (Fsp3) is 0.480. The first kappa shape index (κ1) is 20.3. The highest BCUT2D eigenvalue weighted by molar-refractivity contribution is 7.98. The predicted octanol–water partition coefficient (Wildman–Crippen LogP) is 6.34. The summed E-state index contributed by atoms with van der Waals surface area (Å²) in [5, 5.41) is 3.14. The lowest BCUT2D eigenvalue weighted by molar-refractivity contribution is 0.102. The first-order chi connectivity index (χ1) is 13.8. The van der Waals surface area contributed by atoms with Crippen LogP contribution < -0.4 is 10.2 Å². The van der Waals surface area contributed by atoms with Crippen LogP contribution in [0.1, 0.15) is 62.4 Å². The van der Waals surface area contributed by atoms with Crippen molar-refractivity contribution in [3.8, 4) is 0 Å². The van der Waals surface area contributed by atoms with E-state index in [9.17, 15) is 4.79 Å². The van der Waals surface area contributed by atoms with Gasteiger partial charge in [0.25, 0.3) is 5.91 Å². The molecule has 1 spiro atoms. The first-order valence-electron chi connectivity index (χ1n) is 10.6. The maximum Gasteiger partial charge on any atom is 0.257 e. The average Bonchev–Trinajstić information content (AvgIpc) is 3.46. The molecule has 2 fully saturated rings. The summed E-state index contributed by atoms with van der Waals surface area (Å²) >= 11 is 1.73. The molecule has 1 heterocycles. The number of thioether (sulfide) groups is 1. The van der Waals surface area contributed by atoms with Crippen molar-refractivity contribution in [2.75, 3.05) is 29.6 Å². The molecule has 1 saturated carbocycles. The van der Waals surface area contributed by atoms with Crippen molar-refractivity contribution in [1.29, 1.82) is 0 Å². The molecule has 29 heavy (non-hydrogen) atoms. The van der Waals surface area contributed by atoms with E-state index in [1.54, 1.807) is 11.8 Å². The van der Waals surface area contributed by atoms with Crippen LogP contribution in [0.5, 0.6) is 0 Å². The molecular weight excluding hydrogens is 376 g/mol. The number of nitrogens with zero attached hydrogens (tertiary/aromatic N) is 1. The molecule has 0 unspecified atom stereocenters. The smallest absolute Gasteiger partial charge is 0.257 e. The van der Waals surface area contributed by atoms with E-state index in [1.807, 2.05) is 18.2 Å². The lowest BCUT2D eigenvalue weighted by atomic mass is 9.87. The minimum absolute atomic E-state index is 0.0228. The molecule has 2 aliphatic rings. The summed E-state index contributed by atoms with van der Waals surface area (Å²) in [4.78, 5) is 16.9. The number of benzene rings is 2. The third kappa shape index (κ3) is 4.48. The third-order valence-corrected chi connectivity index (χ3v) is 7.28. The fourth-order valence-electron chi connectivity index (χ4n) is 4.25. The topological polar surface area (TPSA) is 32.3 Å². The molecule has 4 rings (SSSR count). The Bertz CT molecular complexity index is 901. The summed E-state index contributed by atoms with van der Waals surface area (Å²) in [5.41, 5.74) is 4.62. The van der Waals surface area contributed by atoms with Crippen LogP contribution in [0.4, 0.5) is 11.4 Å². The molecule has 3 nitrogen and oxygen atoms in total. The van der Waals surface area contributed by atoms with Crippen molar-refractivity contribution in [1.82, 2.24) is 0 Å². The lowest BCUT2D eigenvalue weighted by Gasteiger charge is -2.35. The van der Waals surface area contributed by atoms with E-state index in [0.29, 0.717) is 5.41 Å². The Hall–Kier alpha value is -1.94. The monoisotopic (exact) mass is 408 g/mol. The molecule has 0 radical (unpaired) electrons. The number of nitrogens with one attached hydrogen (secondary N) is 1. The largest absolute Gasteiger partial charge is 0.371 e. The molecule has 4 heteroatoms. The number of hydrogen-bond donors (Lipinski definition) is 1. The second kappa shape index (κ2) is 7.71. The Morgan fingerprint density at radius 2 is 1.76 bits per heavy atom. The Labute approximate surface area is 179 Å². The van der Waals surface area contributed by atoms with Gasteiger partial charge in [-0.25, -0.2) is 0 Å². The van der Waals surface area contributed by atoms with Gasteiger partial charge >= 0.3 is 0 Å². The van der Waals surface area contributed by atoms with Crippen molar-refractivity contribution >= 4 is 29.0 Å². The normalized spacial score (nSPS) is 18.0. The second-order valence-electron chi connectivity index (χ2n) is 9.66. The van der Waals surface area contributed by atoms with Gasteiger partial charge in [0.1, 0.15) is 0 Å². The molecule has 0 aromatic heterocycles. The van der Waals surface area contributed by atoms with Crippen LogP contribution in [-0.4, -0.2) is 25.3 Å². The maximum absolute atomic E-state index is 13.2. The Morgan fingerprint density at radius 3 is 2.38 bits per heavy atom. The number of hydrogen-bond acceptors (Lipinski definition) is 3. The van der Waals surface area contributed by atoms with E-state index < -0.39 is 0 Å². The van der Waals surface area contributed by atoms with Gasteiger partial charge in [-0.05, 0) is 78.7 Å². The van der Waals surface area contributed by atoms with Gasteiger partial charge in [0.2, 0.25) is 0 Å². The molecule has 0 bridgehead atoms. The van der Waals surface area contributed by atoms with Gasteiger partial charge in [-0.3, -0.25) is 4.79 Å². The third-order valence-electron chi connectivity index (χ3n) is 6.56. The van der Waals surface area contributed by atoms with Crippen LogP contribution in [-0.2, 0) is 5.41 Å². The van der Waals surface area contributed by atoms with Crippen molar-refractivity contribution in [2.45, 2.75) is 56.8 Å². The maximum atomic E-state index is 13.2. The summed E-state index contributed by atoms with van der Waals surface area (Å²) in [7, 11) is 0. The summed E-state index contributed by atoms with van der Waals surface area (Å²) in [5.74, 6) is -0.0228. The molecule has 1 aliphatic heterocycles. The summed E-state index contributed by atoms with van der Waals surface area (Å²) in [6.45, 7) is 8.68. The Balaban J connectivity index is 1.58. The lowest BCUT2D eigenvalue weighted by Crippen LogP contribution is -2.35. The number of piperidine rings is 1. The molecular formula is C25H32N2OS. The number of anilines is 2. The highest BCUT2D eigenvalue weighted by Crippen LogP contribution is 2.54. The highest BCUT2D eigenvalue weighted by Gasteiger charge is 2.44. The van der Waals surface area contributed by atoms with Crippen molar-refractivity contribution in [3.63, 3.8) is 0 Å². The second-order valence-corrected chi connectivity index (χ2v) is 10.5. The van der Waals surface area contributed by atoms with Crippen LogP contribution in [0.2, 0.25) is 0 Å². The van der Waals surface area contributed by atoms with Gasteiger partial charge in [0.05, 0.1) is 11.3 Å². The first-order valence-corrected chi connectivity index (χ1v) is 11.9. The van der Waals surface area contributed by atoms with E-state index in [-0.39, 0.29) is 11.3 Å². The zero-order valence-electron chi connectivity index (χ0n) is 18.0. The number of carbonyl (C=O) groups excluding carboxylic acids is 1. The molecule has 2 aromatic carbocycles. The van der Waals surface area contributed by atoms with Crippen molar-refractivity contribution < 1.29 is 4.79 Å². The summed E-state index contributed by atoms with van der Waals surface area (Å²) < 4.78 is 0. The Morgan fingerprint density at radius 1 is 1.03 bits per heavy atom. The average molecular weight is 409 g/mol. The van der Waals surface area contributed by atoms with Gasteiger partial charge < -0.3 is 10.2 Å². The molecule has 154 valence electrons. The predicted molar refractivity (Wildman–Crippen MR) is 124 cm³/mol. The zero-order valence-corrected chi connectivity index (χ0v) is 18.9. The van der Waals surface area contributed by atoms with Gasteiger partial charge in [0, 0.05) is 23.7 Å². The molecule has 0 atom stereocenters. The SMILES string of the molecule is CSc1ccc(C(=O)Nc2cccc(C(C)(C)C)c2)c(N2CCC3(CC2)CC3)c1. The van der Waals surface area contributed by atoms with Crippen molar-refractivity contribution in [2.24, 2.45) is 5.41 Å². The molecule has 2 aromatic rings. The van der Waals surface area contributed by atoms with Crippen LogP contribution in [0.15, 0.2) is 47.4 Å².